The zero-order valence-corrected chi connectivity index (χ0v) is 19.3. The van der Waals surface area contributed by atoms with Crippen molar-refractivity contribution in [2.75, 3.05) is 0 Å². The molecule has 8 atom stereocenters. The molecule has 1 aliphatic heterocycles. The lowest BCUT2D eigenvalue weighted by atomic mass is 9.52. The van der Waals surface area contributed by atoms with Gasteiger partial charge in [-0.3, -0.25) is 14.4 Å². The highest BCUT2D eigenvalue weighted by Crippen LogP contribution is 2.56. The molecule has 180 valence electrons. The third-order valence-corrected chi connectivity index (χ3v) is 7.49. The van der Waals surface area contributed by atoms with Gasteiger partial charge < -0.3 is 29.5 Å². The smallest absolute Gasteiger partial charge is 0.309 e. The first-order valence-corrected chi connectivity index (χ1v) is 11.1. The van der Waals surface area contributed by atoms with Crippen LogP contribution in [0.4, 0.5) is 0 Å². The van der Waals surface area contributed by atoms with Gasteiger partial charge in [-0.2, -0.15) is 0 Å². The van der Waals surface area contributed by atoms with Crippen LogP contribution < -0.4 is 0 Å². The zero-order valence-electron chi connectivity index (χ0n) is 19.3. The van der Waals surface area contributed by atoms with E-state index in [1.165, 1.54) is 13.8 Å². The lowest BCUT2D eigenvalue weighted by molar-refractivity contribution is -0.260. The molecule has 9 heteroatoms. The summed E-state index contributed by atoms with van der Waals surface area (Å²) in [5, 5.41) is 34.5. The molecule has 0 aromatic heterocycles. The molecule has 1 heterocycles. The van der Waals surface area contributed by atoms with Crippen LogP contribution in [0.3, 0.4) is 0 Å². The van der Waals surface area contributed by atoms with Crippen LogP contribution in [0.15, 0.2) is 11.6 Å². The van der Waals surface area contributed by atoms with E-state index in [0.717, 1.165) is 5.57 Å². The molecule has 0 bridgehead atoms. The molecule has 3 N–H and O–H groups in total. The minimum absolute atomic E-state index is 0.156. The van der Waals surface area contributed by atoms with Gasteiger partial charge in [0.2, 0.25) is 0 Å². The Balaban J connectivity index is 2.29. The molecule has 0 aromatic rings. The molecular weight excluding hydrogens is 420 g/mol. The van der Waals surface area contributed by atoms with Crippen LogP contribution in [0.1, 0.15) is 66.7 Å². The van der Waals surface area contributed by atoms with Crippen molar-refractivity contribution in [2.24, 2.45) is 11.3 Å². The van der Waals surface area contributed by atoms with Gasteiger partial charge in [-0.15, -0.1) is 0 Å². The molecule has 0 aromatic carbocycles. The molecule has 32 heavy (non-hydrogen) atoms. The lowest BCUT2D eigenvalue weighted by Gasteiger charge is -2.58. The van der Waals surface area contributed by atoms with E-state index in [9.17, 15) is 29.7 Å². The van der Waals surface area contributed by atoms with E-state index in [2.05, 4.69) is 0 Å². The molecule has 3 rings (SSSR count). The average Bonchev–Trinajstić information content (AvgIpc) is 2.94. The minimum atomic E-state index is -1.98. The number of aliphatic hydroxyl groups excluding tert-OH is 1. The van der Waals surface area contributed by atoms with Gasteiger partial charge in [0.15, 0.2) is 11.7 Å². The number of ether oxygens (including phenoxy) is 3. The highest BCUT2D eigenvalue weighted by molar-refractivity contribution is 5.75. The van der Waals surface area contributed by atoms with Crippen LogP contribution in [0, 0.1) is 11.3 Å². The summed E-state index contributed by atoms with van der Waals surface area (Å²) in [5.74, 6) is -3.00. The summed E-state index contributed by atoms with van der Waals surface area (Å²) in [7, 11) is 0. The first kappa shape index (κ1) is 24.7. The fourth-order valence-electron chi connectivity index (χ4n) is 5.93. The minimum Gasteiger partial charge on any atom is -0.462 e. The Morgan fingerprint density at radius 3 is 2.34 bits per heavy atom. The second kappa shape index (κ2) is 8.43. The molecule has 0 spiro atoms. The molecule has 0 unspecified atom stereocenters. The van der Waals surface area contributed by atoms with Crippen molar-refractivity contribution in [3.8, 4) is 0 Å². The molecule has 3 aliphatic rings. The van der Waals surface area contributed by atoms with Gasteiger partial charge in [0.1, 0.15) is 12.2 Å². The van der Waals surface area contributed by atoms with Crippen molar-refractivity contribution in [1.29, 1.82) is 0 Å². The molecule has 1 saturated heterocycles. The van der Waals surface area contributed by atoms with Gasteiger partial charge in [0.05, 0.1) is 18.1 Å². The number of rotatable bonds is 2. The quantitative estimate of drug-likeness (QED) is 0.319. The van der Waals surface area contributed by atoms with Crippen LogP contribution in [-0.2, 0) is 28.6 Å². The van der Waals surface area contributed by atoms with E-state index in [1.54, 1.807) is 26.8 Å². The van der Waals surface area contributed by atoms with Crippen LogP contribution in [0.2, 0.25) is 0 Å². The van der Waals surface area contributed by atoms with Gasteiger partial charge in [-0.1, -0.05) is 12.5 Å². The maximum absolute atomic E-state index is 12.3. The van der Waals surface area contributed by atoms with Crippen LogP contribution in [-0.4, -0.2) is 68.8 Å². The Morgan fingerprint density at radius 1 is 1.12 bits per heavy atom. The summed E-state index contributed by atoms with van der Waals surface area (Å²) in [6.45, 7) is 7.46. The average molecular weight is 455 g/mol. The lowest BCUT2D eigenvalue weighted by Crippen LogP contribution is -2.69. The number of aliphatic hydroxyl groups is 3. The Labute approximate surface area is 187 Å². The van der Waals surface area contributed by atoms with Crippen LogP contribution in [0.5, 0.6) is 0 Å². The Hall–Kier alpha value is -1.97. The predicted molar refractivity (Wildman–Crippen MR) is 111 cm³/mol. The van der Waals surface area contributed by atoms with Crippen molar-refractivity contribution in [2.45, 2.75) is 102 Å². The van der Waals surface area contributed by atoms with Gasteiger partial charge in [0, 0.05) is 25.2 Å². The number of carbonyl (C=O) groups is 3. The van der Waals surface area contributed by atoms with Gasteiger partial charge in [-0.25, -0.2) is 0 Å². The van der Waals surface area contributed by atoms with Crippen molar-refractivity contribution in [3.63, 3.8) is 0 Å². The molecule has 0 amide bonds. The Morgan fingerprint density at radius 2 is 1.75 bits per heavy atom. The number of hydrogen-bond acceptors (Lipinski definition) is 9. The maximum atomic E-state index is 12.3. The van der Waals surface area contributed by atoms with Crippen LogP contribution >= 0.6 is 0 Å². The van der Waals surface area contributed by atoms with E-state index in [4.69, 9.17) is 14.2 Å². The van der Waals surface area contributed by atoms with Gasteiger partial charge in [-0.05, 0) is 45.6 Å². The standard InChI is InChI=1S/C23H34O9/c1-12-6-7-16(30-13(2)24)22(5)15(26)8-9-21(4,28)19(22)20(31-14(3)25)23(29)11-18(27)32-17(23)10-12/h10,15-17,19-20,26,28-29H,6-9,11H2,1-5H3/b12-10-/t15-,16-,17-,19-,20-,21-,22+,23-/m0/s1. The van der Waals surface area contributed by atoms with Crippen molar-refractivity contribution < 1.29 is 43.9 Å². The van der Waals surface area contributed by atoms with Crippen molar-refractivity contribution >= 4 is 17.9 Å². The van der Waals surface area contributed by atoms with E-state index in [-0.39, 0.29) is 12.8 Å². The molecule has 2 fully saturated rings. The first-order valence-electron chi connectivity index (χ1n) is 11.1. The summed E-state index contributed by atoms with van der Waals surface area (Å²) in [5.41, 5.74) is -4.01. The normalized spacial score (nSPS) is 46.1. The van der Waals surface area contributed by atoms with Crippen molar-refractivity contribution in [3.05, 3.63) is 11.6 Å². The molecule has 2 aliphatic carbocycles. The molecule has 1 saturated carbocycles. The summed E-state index contributed by atoms with van der Waals surface area (Å²) in [6.07, 6.45) is -2.06. The fraction of sp³-hybridized carbons (Fsp3) is 0.783. The second-order valence-electron chi connectivity index (χ2n) is 10.0. The molecule has 9 nitrogen and oxygen atoms in total. The third-order valence-electron chi connectivity index (χ3n) is 7.49. The topological polar surface area (TPSA) is 140 Å². The van der Waals surface area contributed by atoms with E-state index >= 15 is 0 Å². The number of esters is 3. The van der Waals surface area contributed by atoms with E-state index in [1.807, 2.05) is 0 Å². The number of carbonyl (C=O) groups excluding carboxylic acids is 3. The number of fused-ring (bicyclic) bond motifs is 2. The molecule has 0 radical (unpaired) electrons. The fourth-order valence-corrected chi connectivity index (χ4v) is 5.93. The largest absolute Gasteiger partial charge is 0.462 e. The second-order valence-corrected chi connectivity index (χ2v) is 10.0. The van der Waals surface area contributed by atoms with E-state index < -0.39 is 71.3 Å². The van der Waals surface area contributed by atoms with Gasteiger partial charge in [0.25, 0.3) is 0 Å². The number of allylic oxidation sites excluding steroid dienone is 1. The number of hydrogen-bond donors (Lipinski definition) is 3. The Kier molecular flexibility index (Phi) is 6.49. The summed E-state index contributed by atoms with van der Waals surface area (Å²) < 4.78 is 16.7. The van der Waals surface area contributed by atoms with Crippen LogP contribution in [0.25, 0.3) is 0 Å². The summed E-state index contributed by atoms with van der Waals surface area (Å²) in [6, 6.07) is 0. The van der Waals surface area contributed by atoms with Gasteiger partial charge >= 0.3 is 17.9 Å². The van der Waals surface area contributed by atoms with E-state index in [0.29, 0.717) is 12.8 Å². The third kappa shape index (κ3) is 4.18. The predicted octanol–water partition coefficient (Wildman–Crippen LogP) is 1.16. The zero-order chi connectivity index (χ0) is 24.1. The monoisotopic (exact) mass is 454 g/mol. The highest BCUT2D eigenvalue weighted by Gasteiger charge is 2.67. The maximum Gasteiger partial charge on any atom is 0.309 e. The summed E-state index contributed by atoms with van der Waals surface area (Å²) >= 11 is 0. The first-order chi connectivity index (χ1) is 14.7. The SMILES string of the molecule is CC(=O)O[C@H]1CC/C(C)=C\[C@@H]2OC(=O)C[C@@]2(O)[C@@H](OC(C)=O)[C@@H]2[C@]1(C)[C@@H](O)CC[C@]2(C)O. The highest BCUT2D eigenvalue weighted by atomic mass is 16.6. The molecular formula is C23H34O9. The summed E-state index contributed by atoms with van der Waals surface area (Å²) in [4.78, 5) is 36.5. The van der Waals surface area contributed by atoms with Crippen molar-refractivity contribution in [1.82, 2.24) is 0 Å². The Bertz CT molecular complexity index is 818.